The summed E-state index contributed by atoms with van der Waals surface area (Å²) < 4.78 is 63.1. The number of phenolic OH excluding ortho intramolecular Hbond substituents is 2. The van der Waals surface area contributed by atoms with Gasteiger partial charge in [-0.15, -0.1) is 0 Å². The molecule has 0 heterocycles. The molecule has 0 bridgehead atoms. The maximum absolute atomic E-state index is 12.6. The number of ketones is 2. The molecule has 0 aliphatic heterocycles. The van der Waals surface area contributed by atoms with E-state index in [1.807, 2.05) is 0 Å². The molecule has 0 radical (unpaired) electrons. The molecule has 0 amide bonds. The molecule has 3 rings (SSSR count). The Morgan fingerprint density at radius 1 is 0.731 bits per heavy atom. The summed E-state index contributed by atoms with van der Waals surface area (Å²) in [5, 5.41) is 20.0. The second-order valence-electron chi connectivity index (χ2n) is 5.31. The SMILES string of the molecule is O=C1c2cc(S(=O)(=O)O)cc(O)c2C(=O)c2c1ccc(S(=O)(=O)O)c2O. The first kappa shape index (κ1) is 18.0. The van der Waals surface area contributed by atoms with E-state index >= 15 is 0 Å². The van der Waals surface area contributed by atoms with Crippen molar-refractivity contribution < 1.29 is 45.7 Å². The molecule has 0 fully saturated rings. The smallest absolute Gasteiger partial charge is 0.298 e. The minimum atomic E-state index is -4.91. The summed E-state index contributed by atoms with van der Waals surface area (Å²) in [5.41, 5.74) is -2.49. The first-order chi connectivity index (χ1) is 11.8. The third kappa shape index (κ3) is 2.55. The van der Waals surface area contributed by atoms with Gasteiger partial charge in [-0.3, -0.25) is 18.7 Å². The van der Waals surface area contributed by atoms with Crippen LogP contribution in [0.15, 0.2) is 34.1 Å². The van der Waals surface area contributed by atoms with Gasteiger partial charge >= 0.3 is 0 Å². The molecule has 10 nitrogen and oxygen atoms in total. The molecule has 0 saturated carbocycles. The average molecular weight is 400 g/mol. The highest BCUT2D eigenvalue weighted by Crippen LogP contribution is 2.40. The van der Waals surface area contributed by atoms with Crippen LogP contribution in [0.2, 0.25) is 0 Å². The Morgan fingerprint density at radius 3 is 1.88 bits per heavy atom. The molecule has 0 aromatic heterocycles. The van der Waals surface area contributed by atoms with E-state index in [4.69, 9.17) is 9.11 Å². The van der Waals surface area contributed by atoms with Crippen molar-refractivity contribution in [2.45, 2.75) is 9.79 Å². The van der Waals surface area contributed by atoms with Crippen LogP contribution in [0.3, 0.4) is 0 Å². The Hall–Kier alpha value is -2.80. The third-order valence-corrected chi connectivity index (χ3v) is 5.47. The fourth-order valence-electron chi connectivity index (χ4n) is 2.64. The predicted molar refractivity (Wildman–Crippen MR) is 82.7 cm³/mol. The Labute approximate surface area is 145 Å². The van der Waals surface area contributed by atoms with Crippen LogP contribution < -0.4 is 0 Å². The minimum absolute atomic E-state index is 0.473. The predicted octanol–water partition coefficient (Wildman–Crippen LogP) is 0.367. The van der Waals surface area contributed by atoms with Crippen molar-refractivity contribution >= 4 is 31.8 Å². The summed E-state index contributed by atoms with van der Waals surface area (Å²) in [4.78, 5) is 23.3. The van der Waals surface area contributed by atoms with Crippen LogP contribution in [-0.2, 0) is 20.2 Å². The summed E-state index contributed by atoms with van der Waals surface area (Å²) in [6, 6.07) is 2.72. The molecule has 26 heavy (non-hydrogen) atoms. The number of carbonyl (C=O) groups is 2. The Morgan fingerprint density at radius 2 is 1.35 bits per heavy atom. The number of phenols is 2. The number of aromatic hydroxyl groups is 2. The van der Waals surface area contributed by atoms with Crippen molar-refractivity contribution in [1.29, 1.82) is 0 Å². The number of carbonyl (C=O) groups excluding carboxylic acids is 2. The van der Waals surface area contributed by atoms with Gasteiger partial charge in [0, 0.05) is 17.2 Å². The summed E-state index contributed by atoms with van der Waals surface area (Å²) in [6.45, 7) is 0. The van der Waals surface area contributed by atoms with E-state index in [0.717, 1.165) is 6.07 Å². The molecule has 1 aliphatic rings. The number of hydrogen-bond acceptors (Lipinski definition) is 8. The lowest BCUT2D eigenvalue weighted by molar-refractivity contribution is 0.0973. The van der Waals surface area contributed by atoms with Crippen LogP contribution >= 0.6 is 0 Å². The molecular formula is C14H8O10S2. The molecule has 0 atom stereocenters. The fourth-order valence-corrected chi connectivity index (χ4v) is 3.75. The van der Waals surface area contributed by atoms with Gasteiger partial charge in [-0.25, -0.2) is 0 Å². The number of rotatable bonds is 2. The van der Waals surface area contributed by atoms with E-state index in [-0.39, 0.29) is 0 Å². The van der Waals surface area contributed by atoms with Crippen LogP contribution in [0.5, 0.6) is 11.5 Å². The van der Waals surface area contributed by atoms with E-state index in [1.165, 1.54) is 0 Å². The molecule has 12 heteroatoms. The van der Waals surface area contributed by atoms with Crippen molar-refractivity contribution in [2.75, 3.05) is 0 Å². The van der Waals surface area contributed by atoms with Crippen molar-refractivity contribution in [3.05, 3.63) is 46.5 Å². The van der Waals surface area contributed by atoms with Crippen molar-refractivity contribution in [2.24, 2.45) is 0 Å². The largest absolute Gasteiger partial charge is 0.507 e. The van der Waals surface area contributed by atoms with Gasteiger partial charge in [-0.1, -0.05) is 0 Å². The average Bonchev–Trinajstić information content (AvgIpc) is 2.49. The second kappa shape index (κ2) is 5.35. The second-order valence-corrected chi connectivity index (χ2v) is 8.12. The van der Waals surface area contributed by atoms with Gasteiger partial charge < -0.3 is 10.2 Å². The first-order valence-electron chi connectivity index (χ1n) is 6.61. The topological polar surface area (TPSA) is 183 Å². The maximum Gasteiger partial charge on any atom is 0.298 e. The highest BCUT2D eigenvalue weighted by Gasteiger charge is 2.37. The zero-order valence-electron chi connectivity index (χ0n) is 12.4. The van der Waals surface area contributed by atoms with E-state index in [0.29, 0.717) is 18.2 Å². The van der Waals surface area contributed by atoms with E-state index < -0.39 is 75.3 Å². The van der Waals surface area contributed by atoms with Gasteiger partial charge in [-0.2, -0.15) is 16.8 Å². The summed E-state index contributed by atoms with van der Waals surface area (Å²) in [6.07, 6.45) is 0. The monoisotopic (exact) mass is 400 g/mol. The molecule has 136 valence electrons. The lowest BCUT2D eigenvalue weighted by Gasteiger charge is -2.20. The van der Waals surface area contributed by atoms with Crippen LogP contribution in [0.25, 0.3) is 0 Å². The molecule has 4 N–H and O–H groups in total. The fraction of sp³-hybridized carbons (Fsp3) is 0. The zero-order chi connectivity index (χ0) is 19.6. The Balaban J connectivity index is 2.38. The molecule has 0 spiro atoms. The molecule has 1 aliphatic carbocycles. The number of benzene rings is 2. The van der Waals surface area contributed by atoms with Gasteiger partial charge in [0.15, 0.2) is 5.78 Å². The van der Waals surface area contributed by atoms with Crippen molar-refractivity contribution in [3.63, 3.8) is 0 Å². The van der Waals surface area contributed by atoms with Crippen LogP contribution in [0.4, 0.5) is 0 Å². The van der Waals surface area contributed by atoms with Gasteiger partial charge in [0.25, 0.3) is 20.2 Å². The first-order valence-corrected chi connectivity index (χ1v) is 9.49. The standard InChI is InChI=1S/C14H8O10S2/c15-8-4-5(25(19,20)21)3-7-10(8)14(18)11-6(12(7)16)1-2-9(13(11)17)26(22,23)24/h1-4,15,17H,(H,19,20,21)(H,22,23,24). The molecule has 2 aromatic rings. The molecular weight excluding hydrogens is 392 g/mol. The molecule has 2 aromatic carbocycles. The highest BCUT2D eigenvalue weighted by molar-refractivity contribution is 7.86. The lowest BCUT2D eigenvalue weighted by atomic mass is 9.83. The van der Waals surface area contributed by atoms with Gasteiger partial charge in [-0.05, 0) is 18.2 Å². The normalized spacial score (nSPS) is 14.1. The summed E-state index contributed by atoms with van der Waals surface area (Å²) in [5.74, 6) is -4.34. The summed E-state index contributed by atoms with van der Waals surface area (Å²) >= 11 is 0. The third-order valence-electron chi connectivity index (χ3n) is 3.75. The van der Waals surface area contributed by atoms with Gasteiger partial charge in [0.05, 0.1) is 16.0 Å². The van der Waals surface area contributed by atoms with Crippen LogP contribution in [0.1, 0.15) is 31.8 Å². The highest BCUT2D eigenvalue weighted by atomic mass is 32.2. The maximum atomic E-state index is 12.6. The van der Waals surface area contributed by atoms with Crippen LogP contribution in [-0.4, -0.2) is 47.7 Å². The zero-order valence-corrected chi connectivity index (χ0v) is 14.0. The number of fused-ring (bicyclic) bond motifs is 2. The molecule has 0 unspecified atom stereocenters. The number of hydrogen-bond donors (Lipinski definition) is 4. The minimum Gasteiger partial charge on any atom is -0.507 e. The van der Waals surface area contributed by atoms with Crippen LogP contribution in [0, 0.1) is 0 Å². The molecule has 0 saturated heterocycles. The van der Waals surface area contributed by atoms with E-state index in [9.17, 15) is 36.6 Å². The van der Waals surface area contributed by atoms with Crippen molar-refractivity contribution in [3.8, 4) is 11.5 Å². The van der Waals surface area contributed by atoms with Gasteiger partial charge in [0.2, 0.25) is 5.78 Å². The Kier molecular flexibility index (Phi) is 3.70. The Bertz CT molecular complexity index is 1220. The summed E-state index contributed by atoms with van der Waals surface area (Å²) in [7, 11) is -9.71. The van der Waals surface area contributed by atoms with E-state index in [1.54, 1.807) is 0 Å². The van der Waals surface area contributed by atoms with E-state index in [2.05, 4.69) is 0 Å². The quantitative estimate of drug-likeness (QED) is 0.438. The van der Waals surface area contributed by atoms with Gasteiger partial charge in [0.1, 0.15) is 16.4 Å². The van der Waals surface area contributed by atoms with Crippen molar-refractivity contribution in [1.82, 2.24) is 0 Å². The lowest BCUT2D eigenvalue weighted by Crippen LogP contribution is -2.22.